The van der Waals surface area contributed by atoms with Crippen LogP contribution in [0.25, 0.3) is 0 Å². The van der Waals surface area contributed by atoms with Crippen LogP contribution < -0.4 is 5.32 Å². The molecule has 1 aliphatic rings. The van der Waals surface area contributed by atoms with E-state index in [0.29, 0.717) is 0 Å². The highest BCUT2D eigenvalue weighted by molar-refractivity contribution is 7.13. The van der Waals surface area contributed by atoms with E-state index in [1.807, 2.05) is 11.6 Å². The lowest BCUT2D eigenvalue weighted by molar-refractivity contribution is 0.300. The van der Waals surface area contributed by atoms with Crippen molar-refractivity contribution in [3.05, 3.63) is 11.6 Å². The van der Waals surface area contributed by atoms with Crippen molar-refractivity contribution in [1.82, 2.24) is 4.98 Å². The Hall–Kier alpha value is -0.570. The standard InChI is InChI=1S/C11H18N2S/c1-9-2-4-10(5-3-9)8-13-11-12-6-7-14-11/h6-7,9-10H,2-5,8H2,1H3,(H,12,13)/t9-,10-. The molecule has 1 saturated carbocycles. The van der Waals surface area contributed by atoms with Crippen LogP contribution in [0.5, 0.6) is 0 Å². The van der Waals surface area contributed by atoms with Gasteiger partial charge in [0.05, 0.1) is 0 Å². The van der Waals surface area contributed by atoms with Gasteiger partial charge < -0.3 is 5.32 Å². The second-order valence-electron chi connectivity index (χ2n) is 4.34. The number of thiazole rings is 1. The van der Waals surface area contributed by atoms with Crippen molar-refractivity contribution < 1.29 is 0 Å². The maximum Gasteiger partial charge on any atom is 0.182 e. The Kier molecular flexibility index (Phi) is 3.40. The molecule has 1 aliphatic carbocycles. The zero-order valence-electron chi connectivity index (χ0n) is 8.70. The molecule has 3 heteroatoms. The monoisotopic (exact) mass is 210 g/mol. The second kappa shape index (κ2) is 4.78. The minimum absolute atomic E-state index is 0.870. The fraction of sp³-hybridized carbons (Fsp3) is 0.727. The molecule has 0 atom stereocenters. The third-order valence-electron chi connectivity index (χ3n) is 3.11. The molecule has 0 aromatic carbocycles. The molecule has 78 valence electrons. The van der Waals surface area contributed by atoms with Crippen LogP contribution in [0.1, 0.15) is 32.6 Å². The van der Waals surface area contributed by atoms with Crippen molar-refractivity contribution in [3.8, 4) is 0 Å². The summed E-state index contributed by atoms with van der Waals surface area (Å²) < 4.78 is 0. The average Bonchev–Trinajstić information content (AvgIpc) is 2.70. The van der Waals surface area contributed by atoms with Gasteiger partial charge in [0.2, 0.25) is 0 Å². The Morgan fingerprint density at radius 2 is 2.21 bits per heavy atom. The van der Waals surface area contributed by atoms with Crippen molar-refractivity contribution in [2.45, 2.75) is 32.6 Å². The van der Waals surface area contributed by atoms with Crippen LogP contribution in [0.2, 0.25) is 0 Å². The van der Waals surface area contributed by atoms with Gasteiger partial charge in [0.15, 0.2) is 5.13 Å². The number of nitrogens with one attached hydrogen (secondary N) is 1. The maximum absolute atomic E-state index is 4.22. The van der Waals surface area contributed by atoms with Crippen molar-refractivity contribution in [1.29, 1.82) is 0 Å². The Balaban J connectivity index is 1.71. The quantitative estimate of drug-likeness (QED) is 0.827. The smallest absolute Gasteiger partial charge is 0.182 e. The van der Waals surface area contributed by atoms with Gasteiger partial charge in [-0.1, -0.05) is 19.8 Å². The molecule has 1 fully saturated rings. The van der Waals surface area contributed by atoms with E-state index in [-0.39, 0.29) is 0 Å². The summed E-state index contributed by atoms with van der Waals surface area (Å²) in [6.07, 6.45) is 7.45. The maximum atomic E-state index is 4.22. The summed E-state index contributed by atoms with van der Waals surface area (Å²) in [6.45, 7) is 3.48. The first-order valence-corrected chi connectivity index (χ1v) is 6.36. The normalized spacial score (nSPS) is 27.5. The molecule has 1 N–H and O–H groups in total. The molecule has 0 radical (unpaired) electrons. The lowest BCUT2D eigenvalue weighted by Crippen LogP contribution is -2.20. The lowest BCUT2D eigenvalue weighted by atomic mass is 9.83. The summed E-state index contributed by atoms with van der Waals surface area (Å²) in [5.74, 6) is 1.82. The van der Waals surface area contributed by atoms with Gasteiger partial charge in [-0.05, 0) is 24.7 Å². The summed E-state index contributed by atoms with van der Waals surface area (Å²) in [7, 11) is 0. The first kappa shape index (κ1) is 9.97. The van der Waals surface area contributed by atoms with E-state index in [4.69, 9.17) is 0 Å². The van der Waals surface area contributed by atoms with Gasteiger partial charge in [-0.25, -0.2) is 4.98 Å². The Labute approximate surface area is 89.8 Å². The number of hydrogen-bond acceptors (Lipinski definition) is 3. The Morgan fingerprint density at radius 3 is 2.86 bits per heavy atom. The molecular weight excluding hydrogens is 192 g/mol. The van der Waals surface area contributed by atoms with E-state index in [2.05, 4.69) is 17.2 Å². The van der Waals surface area contributed by atoms with Crippen LogP contribution in [-0.4, -0.2) is 11.5 Å². The minimum atomic E-state index is 0.870. The highest BCUT2D eigenvalue weighted by atomic mass is 32.1. The molecule has 0 bridgehead atoms. The van der Waals surface area contributed by atoms with Crippen molar-refractivity contribution in [3.63, 3.8) is 0 Å². The third kappa shape index (κ3) is 2.71. The molecule has 0 aliphatic heterocycles. The van der Waals surface area contributed by atoms with Crippen molar-refractivity contribution in [2.24, 2.45) is 11.8 Å². The SMILES string of the molecule is C[C@H]1CC[C@H](CNc2nccs2)CC1. The number of anilines is 1. The molecule has 1 heterocycles. The first-order valence-electron chi connectivity index (χ1n) is 5.48. The predicted molar refractivity (Wildman–Crippen MR) is 61.7 cm³/mol. The summed E-state index contributed by atoms with van der Waals surface area (Å²) >= 11 is 1.69. The summed E-state index contributed by atoms with van der Waals surface area (Å²) in [4.78, 5) is 4.22. The molecule has 2 rings (SSSR count). The van der Waals surface area contributed by atoms with Crippen LogP contribution in [0.3, 0.4) is 0 Å². The van der Waals surface area contributed by atoms with Gasteiger partial charge >= 0.3 is 0 Å². The van der Waals surface area contributed by atoms with Crippen LogP contribution in [-0.2, 0) is 0 Å². The van der Waals surface area contributed by atoms with Gasteiger partial charge in [-0.15, -0.1) is 11.3 Å². The highest BCUT2D eigenvalue weighted by Gasteiger charge is 2.17. The lowest BCUT2D eigenvalue weighted by Gasteiger charge is -2.26. The summed E-state index contributed by atoms with van der Waals surface area (Å²) in [5, 5.41) is 6.51. The molecule has 0 spiro atoms. The van der Waals surface area contributed by atoms with E-state index in [9.17, 15) is 0 Å². The van der Waals surface area contributed by atoms with Crippen LogP contribution in [0.15, 0.2) is 11.6 Å². The zero-order valence-corrected chi connectivity index (χ0v) is 9.52. The van der Waals surface area contributed by atoms with Gasteiger partial charge in [0, 0.05) is 18.1 Å². The summed E-state index contributed by atoms with van der Waals surface area (Å²) in [6, 6.07) is 0. The molecule has 0 unspecified atom stereocenters. The molecule has 1 aromatic heterocycles. The van der Waals surface area contributed by atoms with Crippen molar-refractivity contribution >= 4 is 16.5 Å². The molecule has 0 saturated heterocycles. The van der Waals surface area contributed by atoms with Crippen molar-refractivity contribution in [2.75, 3.05) is 11.9 Å². The van der Waals surface area contributed by atoms with E-state index >= 15 is 0 Å². The molecule has 14 heavy (non-hydrogen) atoms. The number of nitrogens with zero attached hydrogens (tertiary/aromatic N) is 1. The molecule has 0 amide bonds. The van der Waals surface area contributed by atoms with Crippen LogP contribution >= 0.6 is 11.3 Å². The number of hydrogen-bond donors (Lipinski definition) is 1. The first-order chi connectivity index (χ1) is 6.84. The topological polar surface area (TPSA) is 24.9 Å². The molecule has 2 nitrogen and oxygen atoms in total. The van der Waals surface area contributed by atoms with Gasteiger partial charge in [0.25, 0.3) is 0 Å². The van der Waals surface area contributed by atoms with E-state index in [1.54, 1.807) is 11.3 Å². The van der Waals surface area contributed by atoms with Gasteiger partial charge in [0.1, 0.15) is 0 Å². The van der Waals surface area contributed by atoms with E-state index in [0.717, 1.165) is 23.5 Å². The summed E-state index contributed by atoms with van der Waals surface area (Å²) in [5.41, 5.74) is 0. The second-order valence-corrected chi connectivity index (χ2v) is 5.24. The predicted octanol–water partition coefficient (Wildman–Crippen LogP) is 3.38. The fourth-order valence-corrected chi connectivity index (χ4v) is 2.61. The molecular formula is C11H18N2S. The third-order valence-corrected chi connectivity index (χ3v) is 3.84. The minimum Gasteiger partial charge on any atom is -0.361 e. The van der Waals surface area contributed by atoms with Gasteiger partial charge in [-0.2, -0.15) is 0 Å². The van der Waals surface area contributed by atoms with Crippen LogP contribution in [0.4, 0.5) is 5.13 Å². The highest BCUT2D eigenvalue weighted by Crippen LogP contribution is 2.28. The largest absolute Gasteiger partial charge is 0.361 e. The van der Waals surface area contributed by atoms with Crippen LogP contribution in [0, 0.1) is 11.8 Å². The van der Waals surface area contributed by atoms with Gasteiger partial charge in [-0.3, -0.25) is 0 Å². The zero-order chi connectivity index (χ0) is 9.80. The van der Waals surface area contributed by atoms with E-state index < -0.39 is 0 Å². The Bertz CT molecular complexity index is 250. The number of aromatic nitrogens is 1. The number of rotatable bonds is 3. The average molecular weight is 210 g/mol. The fourth-order valence-electron chi connectivity index (χ4n) is 2.08. The Morgan fingerprint density at radius 1 is 1.43 bits per heavy atom. The molecule has 1 aromatic rings. The van der Waals surface area contributed by atoms with E-state index in [1.165, 1.54) is 25.7 Å².